The van der Waals surface area contributed by atoms with Crippen LogP contribution in [0.4, 0.5) is 18.0 Å². The first kappa shape index (κ1) is 20.6. The first-order valence-corrected chi connectivity index (χ1v) is 10.3. The van der Waals surface area contributed by atoms with Crippen LogP contribution in [0, 0.1) is 0 Å². The number of imide groups is 1. The molecule has 1 aliphatic carbocycles. The van der Waals surface area contributed by atoms with Crippen molar-refractivity contribution in [2.24, 2.45) is 0 Å². The minimum Gasteiger partial charge on any atom is -0.323 e. The number of hydrogen-bond acceptors (Lipinski definition) is 4. The largest absolute Gasteiger partial charge is 0.416 e. The van der Waals surface area contributed by atoms with Gasteiger partial charge in [0.05, 0.1) is 10.5 Å². The molecule has 1 aromatic carbocycles. The first-order valence-electron chi connectivity index (χ1n) is 8.86. The number of nitrogens with one attached hydrogen (secondary N) is 2. The van der Waals surface area contributed by atoms with Crippen LogP contribution in [0.25, 0.3) is 0 Å². The third-order valence-electron chi connectivity index (χ3n) is 5.03. The zero-order valence-electron chi connectivity index (χ0n) is 14.9. The zero-order valence-corrected chi connectivity index (χ0v) is 15.7. The van der Waals surface area contributed by atoms with E-state index in [0.717, 1.165) is 35.9 Å². The lowest BCUT2D eigenvalue weighted by Crippen LogP contribution is -2.44. The average Bonchev–Trinajstić information content (AvgIpc) is 3.18. The Morgan fingerprint density at radius 1 is 1.18 bits per heavy atom. The summed E-state index contributed by atoms with van der Waals surface area (Å²) in [6.45, 7) is -0.0971. The number of amides is 3. The van der Waals surface area contributed by atoms with Gasteiger partial charge in [-0.1, -0.05) is 18.9 Å². The molecule has 154 valence electrons. The van der Waals surface area contributed by atoms with Crippen LogP contribution in [0.3, 0.4) is 0 Å². The summed E-state index contributed by atoms with van der Waals surface area (Å²) in [5.41, 5.74) is -1.88. The maximum absolute atomic E-state index is 12.7. The van der Waals surface area contributed by atoms with Gasteiger partial charge in [-0.3, -0.25) is 9.69 Å². The Morgan fingerprint density at radius 3 is 2.50 bits per heavy atom. The molecule has 0 atom stereocenters. The van der Waals surface area contributed by atoms with Gasteiger partial charge in [-0.05, 0) is 37.5 Å². The summed E-state index contributed by atoms with van der Waals surface area (Å²) in [6, 6.07) is 2.94. The second-order valence-corrected chi connectivity index (χ2v) is 8.72. The molecule has 28 heavy (non-hydrogen) atoms. The van der Waals surface area contributed by atoms with Crippen molar-refractivity contribution in [1.29, 1.82) is 0 Å². The lowest BCUT2D eigenvalue weighted by atomic mass is 9.98. The van der Waals surface area contributed by atoms with Gasteiger partial charge < -0.3 is 5.32 Å². The van der Waals surface area contributed by atoms with Crippen LogP contribution in [0.2, 0.25) is 0 Å². The molecule has 7 nitrogen and oxygen atoms in total. The van der Waals surface area contributed by atoms with E-state index in [9.17, 15) is 31.2 Å². The predicted molar refractivity (Wildman–Crippen MR) is 92.7 cm³/mol. The molecule has 0 bridgehead atoms. The Balaban J connectivity index is 1.56. The number of carbonyl (C=O) groups excluding carboxylic acids is 2. The number of benzene rings is 1. The fraction of sp³-hybridized carbons (Fsp3) is 0.529. The maximum atomic E-state index is 12.7. The molecule has 1 heterocycles. The Morgan fingerprint density at radius 2 is 1.86 bits per heavy atom. The molecular formula is C17H20F3N3O4S. The van der Waals surface area contributed by atoms with Gasteiger partial charge in [0.1, 0.15) is 5.54 Å². The average molecular weight is 419 g/mol. The minimum atomic E-state index is -4.65. The molecule has 1 aromatic rings. The normalized spacial score (nSPS) is 19.5. The molecule has 0 aromatic heterocycles. The Bertz CT molecular complexity index is 880. The summed E-state index contributed by atoms with van der Waals surface area (Å²) in [4.78, 5) is 25.1. The molecule has 1 aliphatic heterocycles. The van der Waals surface area contributed by atoms with Crippen molar-refractivity contribution in [2.75, 3.05) is 13.1 Å². The summed E-state index contributed by atoms with van der Waals surface area (Å²) in [6.07, 6.45) is -1.60. The third-order valence-corrected chi connectivity index (χ3v) is 6.48. The lowest BCUT2D eigenvalue weighted by molar-refractivity contribution is -0.137. The quantitative estimate of drug-likeness (QED) is 0.546. The molecule has 2 aliphatic rings. The Hall–Kier alpha value is -2.14. The number of carbonyl (C=O) groups is 2. The molecule has 11 heteroatoms. The predicted octanol–water partition coefficient (Wildman–Crippen LogP) is 2.24. The summed E-state index contributed by atoms with van der Waals surface area (Å²) in [5, 5.41) is 2.72. The molecule has 2 N–H and O–H groups in total. The molecule has 0 radical (unpaired) electrons. The highest BCUT2D eigenvalue weighted by Gasteiger charge is 2.52. The lowest BCUT2D eigenvalue weighted by Gasteiger charge is -2.20. The SMILES string of the molecule is O=C1NC2(CCCC2)C(=O)N1CCCNS(=O)(=O)c1cccc(C(F)(F)F)c1. The Labute approximate surface area is 160 Å². The van der Waals surface area contributed by atoms with Gasteiger partial charge in [-0.25, -0.2) is 17.9 Å². The highest BCUT2D eigenvalue weighted by Crippen LogP contribution is 2.35. The van der Waals surface area contributed by atoms with Gasteiger partial charge in [-0.2, -0.15) is 13.2 Å². The fourth-order valence-electron chi connectivity index (χ4n) is 3.56. The van der Waals surface area contributed by atoms with Crippen molar-refractivity contribution in [2.45, 2.75) is 48.7 Å². The van der Waals surface area contributed by atoms with Crippen LogP contribution in [0.1, 0.15) is 37.7 Å². The van der Waals surface area contributed by atoms with E-state index >= 15 is 0 Å². The fourth-order valence-corrected chi connectivity index (χ4v) is 4.68. The molecule has 3 amide bonds. The van der Waals surface area contributed by atoms with Crippen molar-refractivity contribution >= 4 is 22.0 Å². The smallest absolute Gasteiger partial charge is 0.323 e. The summed E-state index contributed by atoms with van der Waals surface area (Å²) in [7, 11) is -4.14. The first-order chi connectivity index (χ1) is 13.1. The second kappa shape index (κ2) is 7.36. The maximum Gasteiger partial charge on any atom is 0.416 e. The molecule has 1 saturated heterocycles. The number of nitrogens with zero attached hydrogens (tertiary/aromatic N) is 1. The topological polar surface area (TPSA) is 95.6 Å². The van der Waals surface area contributed by atoms with Gasteiger partial charge in [0.2, 0.25) is 10.0 Å². The van der Waals surface area contributed by atoms with Crippen LogP contribution < -0.4 is 10.0 Å². The van der Waals surface area contributed by atoms with Gasteiger partial charge in [0, 0.05) is 13.1 Å². The van der Waals surface area contributed by atoms with Crippen molar-refractivity contribution in [1.82, 2.24) is 14.9 Å². The summed E-state index contributed by atoms with van der Waals surface area (Å²) >= 11 is 0. The zero-order chi connectivity index (χ0) is 20.6. The van der Waals surface area contributed by atoms with E-state index < -0.39 is 38.2 Å². The van der Waals surface area contributed by atoms with Gasteiger partial charge in [-0.15, -0.1) is 0 Å². The summed E-state index contributed by atoms with van der Waals surface area (Å²) < 4.78 is 64.8. The number of sulfonamides is 1. The molecule has 2 fully saturated rings. The van der Waals surface area contributed by atoms with Crippen molar-refractivity contribution in [3.63, 3.8) is 0 Å². The van der Waals surface area contributed by atoms with Gasteiger partial charge in [0.15, 0.2) is 0 Å². The van der Waals surface area contributed by atoms with Crippen LogP contribution >= 0.6 is 0 Å². The van der Waals surface area contributed by atoms with E-state index in [1.54, 1.807) is 0 Å². The standard InChI is InChI=1S/C17H20F3N3O4S/c18-17(19,20)12-5-3-6-13(11-12)28(26,27)21-9-4-10-23-14(24)16(22-15(23)25)7-1-2-8-16/h3,5-6,11,21H,1-2,4,7-10H2,(H,22,25). The van der Waals surface area contributed by atoms with Gasteiger partial charge in [0.25, 0.3) is 5.91 Å². The number of hydrogen-bond donors (Lipinski definition) is 2. The van der Waals surface area contributed by atoms with Gasteiger partial charge >= 0.3 is 12.2 Å². The minimum absolute atomic E-state index is 0.0253. The van der Waals surface area contributed by atoms with E-state index in [0.29, 0.717) is 18.9 Å². The number of halogens is 3. The van der Waals surface area contributed by atoms with Crippen LogP contribution in [-0.4, -0.2) is 43.9 Å². The molecular weight excluding hydrogens is 399 g/mol. The van der Waals surface area contributed by atoms with Crippen LogP contribution in [0.15, 0.2) is 29.2 Å². The van der Waals surface area contributed by atoms with Crippen molar-refractivity contribution < 1.29 is 31.2 Å². The molecule has 3 rings (SSSR count). The third kappa shape index (κ3) is 4.00. The molecule has 1 spiro atoms. The van der Waals surface area contributed by atoms with E-state index in [1.807, 2.05) is 0 Å². The van der Waals surface area contributed by atoms with E-state index in [4.69, 9.17) is 0 Å². The highest BCUT2D eigenvalue weighted by atomic mass is 32.2. The number of rotatable bonds is 6. The monoisotopic (exact) mass is 419 g/mol. The Kier molecular flexibility index (Phi) is 5.41. The number of urea groups is 1. The summed E-state index contributed by atoms with van der Waals surface area (Å²) in [5.74, 6) is -0.296. The van der Waals surface area contributed by atoms with Crippen LogP contribution in [-0.2, 0) is 21.0 Å². The molecule has 1 saturated carbocycles. The van der Waals surface area contributed by atoms with E-state index in [2.05, 4.69) is 10.0 Å². The second-order valence-electron chi connectivity index (χ2n) is 6.95. The van der Waals surface area contributed by atoms with Crippen molar-refractivity contribution in [3.05, 3.63) is 29.8 Å². The highest BCUT2D eigenvalue weighted by molar-refractivity contribution is 7.89. The van der Waals surface area contributed by atoms with E-state index in [1.165, 1.54) is 0 Å². The molecule has 0 unspecified atom stereocenters. The van der Waals surface area contributed by atoms with Crippen LogP contribution in [0.5, 0.6) is 0 Å². The van der Waals surface area contributed by atoms with Crippen molar-refractivity contribution in [3.8, 4) is 0 Å². The number of alkyl halides is 3. The van der Waals surface area contributed by atoms with E-state index in [-0.39, 0.29) is 25.4 Å².